The number of aryl methyl sites for hydroxylation is 1. The normalized spacial score (nSPS) is 19.4. The minimum Gasteiger partial charge on any atom is -0.381 e. The Labute approximate surface area is 108 Å². The van der Waals surface area contributed by atoms with E-state index in [2.05, 4.69) is 31.4 Å². The van der Waals surface area contributed by atoms with Crippen molar-refractivity contribution in [3.8, 4) is 0 Å². The molecule has 0 bridgehead atoms. The molecular weight excluding hydrogens is 230 g/mol. The van der Waals surface area contributed by atoms with Gasteiger partial charge in [0.2, 0.25) is 0 Å². The van der Waals surface area contributed by atoms with E-state index in [1.54, 1.807) is 0 Å². The van der Waals surface area contributed by atoms with E-state index >= 15 is 0 Å². The Morgan fingerprint density at radius 2 is 2.18 bits per heavy atom. The summed E-state index contributed by atoms with van der Waals surface area (Å²) in [5, 5.41) is 3.47. The van der Waals surface area contributed by atoms with E-state index in [0.29, 0.717) is 6.04 Å². The molecule has 1 atom stereocenters. The van der Waals surface area contributed by atoms with Gasteiger partial charge in [0, 0.05) is 29.0 Å². The summed E-state index contributed by atoms with van der Waals surface area (Å²) in [6.07, 6.45) is 4.86. The van der Waals surface area contributed by atoms with Crippen molar-refractivity contribution >= 4 is 11.3 Å². The van der Waals surface area contributed by atoms with Crippen LogP contribution in [0.5, 0.6) is 0 Å². The summed E-state index contributed by atoms with van der Waals surface area (Å²) in [7, 11) is 2.08. The number of rotatable bonds is 5. The Morgan fingerprint density at radius 3 is 2.76 bits per heavy atom. The van der Waals surface area contributed by atoms with E-state index in [1.165, 1.54) is 29.0 Å². The van der Waals surface area contributed by atoms with E-state index in [4.69, 9.17) is 4.74 Å². The highest BCUT2D eigenvalue weighted by Gasteiger charge is 2.20. The third-order valence-electron chi connectivity index (χ3n) is 3.63. The Bertz CT molecular complexity index is 331. The van der Waals surface area contributed by atoms with Crippen molar-refractivity contribution in [2.45, 2.75) is 38.6 Å². The summed E-state index contributed by atoms with van der Waals surface area (Å²) in [6, 6.07) is 5.10. The van der Waals surface area contributed by atoms with Gasteiger partial charge in [-0.1, -0.05) is 6.92 Å². The molecule has 0 saturated carbocycles. The maximum absolute atomic E-state index is 5.42. The molecule has 17 heavy (non-hydrogen) atoms. The molecule has 0 spiro atoms. The van der Waals surface area contributed by atoms with Gasteiger partial charge in [-0.05, 0) is 50.8 Å². The van der Waals surface area contributed by atoms with Crippen LogP contribution in [-0.4, -0.2) is 20.3 Å². The van der Waals surface area contributed by atoms with Crippen molar-refractivity contribution in [2.75, 3.05) is 20.3 Å². The molecule has 96 valence electrons. The summed E-state index contributed by atoms with van der Waals surface area (Å²) >= 11 is 1.96. The number of thiophene rings is 1. The largest absolute Gasteiger partial charge is 0.381 e. The van der Waals surface area contributed by atoms with Gasteiger partial charge in [0.15, 0.2) is 0 Å². The topological polar surface area (TPSA) is 21.3 Å². The maximum atomic E-state index is 5.42. The van der Waals surface area contributed by atoms with Gasteiger partial charge in [-0.3, -0.25) is 0 Å². The fraction of sp³-hybridized carbons (Fsp3) is 0.714. The predicted molar refractivity (Wildman–Crippen MR) is 73.7 cm³/mol. The maximum Gasteiger partial charge on any atom is 0.0468 e. The summed E-state index contributed by atoms with van der Waals surface area (Å²) in [5.41, 5.74) is 0. The molecule has 1 fully saturated rings. The minimum absolute atomic E-state index is 0.531. The van der Waals surface area contributed by atoms with Crippen LogP contribution in [0.4, 0.5) is 0 Å². The van der Waals surface area contributed by atoms with Crippen LogP contribution in [0.15, 0.2) is 12.1 Å². The van der Waals surface area contributed by atoms with Crippen LogP contribution >= 0.6 is 11.3 Å². The molecule has 1 aliphatic rings. The zero-order chi connectivity index (χ0) is 12.1. The highest BCUT2D eigenvalue weighted by Crippen LogP contribution is 2.31. The van der Waals surface area contributed by atoms with E-state index < -0.39 is 0 Å². The molecule has 0 aliphatic carbocycles. The third kappa shape index (κ3) is 3.54. The van der Waals surface area contributed by atoms with Gasteiger partial charge in [0.1, 0.15) is 0 Å². The van der Waals surface area contributed by atoms with Crippen LogP contribution < -0.4 is 5.32 Å². The lowest BCUT2D eigenvalue weighted by atomic mass is 9.92. The number of nitrogens with one attached hydrogen (secondary N) is 1. The number of hydrogen-bond acceptors (Lipinski definition) is 3. The molecule has 0 aromatic carbocycles. The van der Waals surface area contributed by atoms with E-state index in [-0.39, 0.29) is 0 Å². The van der Waals surface area contributed by atoms with Crippen molar-refractivity contribution in [1.29, 1.82) is 0 Å². The first-order chi connectivity index (χ1) is 8.33. The van der Waals surface area contributed by atoms with Crippen molar-refractivity contribution < 1.29 is 4.74 Å². The summed E-state index contributed by atoms with van der Waals surface area (Å²) in [4.78, 5) is 2.99. The van der Waals surface area contributed by atoms with Gasteiger partial charge >= 0.3 is 0 Å². The summed E-state index contributed by atoms with van der Waals surface area (Å²) in [6.45, 7) is 4.12. The average molecular weight is 253 g/mol. The van der Waals surface area contributed by atoms with Crippen LogP contribution in [0.3, 0.4) is 0 Å². The van der Waals surface area contributed by atoms with Gasteiger partial charge in [-0.25, -0.2) is 0 Å². The fourth-order valence-corrected chi connectivity index (χ4v) is 3.54. The standard InChI is InChI=1S/C14H23NOS/c1-3-12-4-5-14(17-12)13(15-2)10-11-6-8-16-9-7-11/h4-5,11,13,15H,3,6-10H2,1-2H3. The lowest BCUT2D eigenvalue weighted by molar-refractivity contribution is 0.0609. The molecule has 1 saturated heterocycles. The Morgan fingerprint density at radius 1 is 1.41 bits per heavy atom. The zero-order valence-electron chi connectivity index (χ0n) is 10.9. The first-order valence-electron chi connectivity index (χ1n) is 6.67. The predicted octanol–water partition coefficient (Wildman–Crippen LogP) is 3.39. The van der Waals surface area contributed by atoms with Gasteiger partial charge in [-0.2, -0.15) is 0 Å². The van der Waals surface area contributed by atoms with Gasteiger partial charge in [0.25, 0.3) is 0 Å². The summed E-state index contributed by atoms with van der Waals surface area (Å²) in [5.74, 6) is 0.827. The third-order valence-corrected chi connectivity index (χ3v) is 4.98. The fourth-order valence-electron chi connectivity index (χ4n) is 2.46. The average Bonchev–Trinajstić information content (AvgIpc) is 2.86. The van der Waals surface area contributed by atoms with E-state index in [9.17, 15) is 0 Å². The van der Waals surface area contributed by atoms with Crippen molar-refractivity contribution in [2.24, 2.45) is 5.92 Å². The second-order valence-corrected chi connectivity index (χ2v) is 5.99. The van der Waals surface area contributed by atoms with Gasteiger partial charge < -0.3 is 10.1 Å². The second kappa shape index (κ2) is 6.53. The molecule has 0 radical (unpaired) electrons. The molecule has 1 N–H and O–H groups in total. The summed E-state index contributed by atoms with van der Waals surface area (Å²) < 4.78 is 5.42. The molecule has 3 heteroatoms. The molecule has 2 heterocycles. The van der Waals surface area contributed by atoms with Crippen LogP contribution in [0.2, 0.25) is 0 Å². The van der Waals surface area contributed by atoms with Crippen LogP contribution in [0, 0.1) is 5.92 Å². The second-order valence-electron chi connectivity index (χ2n) is 4.79. The number of ether oxygens (including phenoxy) is 1. The van der Waals surface area contributed by atoms with Crippen molar-refractivity contribution in [1.82, 2.24) is 5.32 Å². The molecule has 1 aromatic rings. The highest BCUT2D eigenvalue weighted by molar-refractivity contribution is 7.12. The molecule has 0 amide bonds. The number of hydrogen-bond donors (Lipinski definition) is 1. The van der Waals surface area contributed by atoms with E-state index in [1.807, 2.05) is 11.3 Å². The minimum atomic E-state index is 0.531. The molecule has 1 unspecified atom stereocenters. The van der Waals surface area contributed by atoms with Crippen LogP contribution in [0.1, 0.15) is 42.0 Å². The Hall–Kier alpha value is -0.380. The zero-order valence-corrected chi connectivity index (χ0v) is 11.7. The Balaban J connectivity index is 1.95. The van der Waals surface area contributed by atoms with Crippen LogP contribution in [-0.2, 0) is 11.2 Å². The smallest absolute Gasteiger partial charge is 0.0468 e. The molecule has 2 rings (SSSR count). The molecule has 1 aliphatic heterocycles. The SMILES string of the molecule is CCc1ccc(C(CC2CCOCC2)NC)s1. The van der Waals surface area contributed by atoms with Crippen molar-refractivity contribution in [3.63, 3.8) is 0 Å². The molecule has 2 nitrogen and oxygen atoms in total. The first-order valence-corrected chi connectivity index (χ1v) is 7.48. The molecular formula is C14H23NOS. The van der Waals surface area contributed by atoms with E-state index in [0.717, 1.165) is 25.6 Å². The van der Waals surface area contributed by atoms with Crippen LogP contribution in [0.25, 0.3) is 0 Å². The quantitative estimate of drug-likeness (QED) is 0.868. The highest BCUT2D eigenvalue weighted by atomic mass is 32.1. The lowest BCUT2D eigenvalue weighted by Gasteiger charge is -2.26. The monoisotopic (exact) mass is 253 g/mol. The Kier molecular flexibility index (Phi) is 5.01. The lowest BCUT2D eigenvalue weighted by Crippen LogP contribution is -2.23. The van der Waals surface area contributed by atoms with Crippen molar-refractivity contribution in [3.05, 3.63) is 21.9 Å². The first kappa shape index (κ1) is 13.1. The molecule has 1 aromatic heterocycles. The van der Waals surface area contributed by atoms with Gasteiger partial charge in [-0.15, -0.1) is 11.3 Å². The van der Waals surface area contributed by atoms with Gasteiger partial charge in [0.05, 0.1) is 0 Å².